The number of aliphatic hydroxyl groups excluding tert-OH is 1. The predicted octanol–water partition coefficient (Wildman–Crippen LogP) is 0.295. The molecule has 1 saturated heterocycles. The van der Waals surface area contributed by atoms with Crippen molar-refractivity contribution in [1.29, 1.82) is 0 Å². The van der Waals surface area contributed by atoms with Crippen LogP contribution in [0, 0.1) is 5.92 Å². The van der Waals surface area contributed by atoms with E-state index in [1.54, 1.807) is 7.11 Å². The molecule has 0 radical (unpaired) electrons. The average molecular weight is 322 g/mol. The number of para-hydroxylation sites is 1. The Balaban J connectivity index is 1.74. The van der Waals surface area contributed by atoms with Crippen LogP contribution in [0.1, 0.15) is 5.56 Å². The normalized spacial score (nSPS) is 19.1. The van der Waals surface area contributed by atoms with E-state index in [4.69, 9.17) is 9.47 Å². The summed E-state index contributed by atoms with van der Waals surface area (Å²) < 4.78 is 10.7. The van der Waals surface area contributed by atoms with Crippen molar-refractivity contribution in [2.24, 2.45) is 5.92 Å². The van der Waals surface area contributed by atoms with Crippen LogP contribution in [-0.4, -0.2) is 69.0 Å². The van der Waals surface area contributed by atoms with E-state index in [1.807, 2.05) is 29.2 Å². The molecular formula is C17H26N2O4. The van der Waals surface area contributed by atoms with Gasteiger partial charge in [0.25, 0.3) is 0 Å². The number of ether oxygens (including phenoxy) is 2. The molecule has 1 atom stereocenters. The molecule has 0 aliphatic carbocycles. The largest absolute Gasteiger partial charge is 0.496 e. The molecule has 1 aliphatic rings. The van der Waals surface area contributed by atoms with Gasteiger partial charge in [-0.15, -0.1) is 0 Å². The Hall–Kier alpha value is -1.63. The number of nitrogens with zero attached hydrogens (tertiary/aromatic N) is 1. The van der Waals surface area contributed by atoms with Gasteiger partial charge >= 0.3 is 0 Å². The van der Waals surface area contributed by atoms with E-state index in [0.29, 0.717) is 32.8 Å². The number of amides is 1. The van der Waals surface area contributed by atoms with Gasteiger partial charge in [-0.05, 0) is 18.1 Å². The van der Waals surface area contributed by atoms with Crippen LogP contribution in [-0.2, 0) is 16.0 Å². The number of nitrogens with one attached hydrogen (secondary N) is 1. The molecule has 1 amide bonds. The molecule has 0 aromatic heterocycles. The fraction of sp³-hybridized carbons (Fsp3) is 0.588. The van der Waals surface area contributed by atoms with Gasteiger partial charge in [0.1, 0.15) is 5.75 Å². The van der Waals surface area contributed by atoms with Crippen LogP contribution in [0.3, 0.4) is 0 Å². The molecule has 23 heavy (non-hydrogen) atoms. The predicted molar refractivity (Wildman–Crippen MR) is 87.5 cm³/mol. The van der Waals surface area contributed by atoms with Gasteiger partial charge in [-0.25, -0.2) is 0 Å². The van der Waals surface area contributed by atoms with Crippen LogP contribution in [0.2, 0.25) is 0 Å². The van der Waals surface area contributed by atoms with Gasteiger partial charge in [0.05, 0.1) is 26.9 Å². The fourth-order valence-corrected chi connectivity index (χ4v) is 2.71. The van der Waals surface area contributed by atoms with Gasteiger partial charge < -0.3 is 19.9 Å². The molecular weight excluding hydrogens is 296 g/mol. The van der Waals surface area contributed by atoms with E-state index in [9.17, 15) is 9.90 Å². The Labute approximate surface area is 137 Å². The first-order chi connectivity index (χ1) is 11.2. The lowest BCUT2D eigenvalue weighted by molar-refractivity contribution is -0.122. The number of carbonyl (C=O) groups is 1. The van der Waals surface area contributed by atoms with Crippen molar-refractivity contribution in [2.75, 3.05) is 53.1 Å². The molecule has 2 rings (SSSR count). The van der Waals surface area contributed by atoms with Crippen molar-refractivity contribution in [3.05, 3.63) is 29.8 Å². The number of carbonyl (C=O) groups excluding carboxylic acids is 1. The van der Waals surface area contributed by atoms with Gasteiger partial charge in [0.2, 0.25) is 5.91 Å². The summed E-state index contributed by atoms with van der Waals surface area (Å²) in [7, 11) is 1.65. The highest BCUT2D eigenvalue weighted by molar-refractivity contribution is 5.78. The quantitative estimate of drug-likeness (QED) is 0.755. The fourth-order valence-electron chi connectivity index (χ4n) is 2.71. The summed E-state index contributed by atoms with van der Waals surface area (Å²) in [5.74, 6) is 0.926. The van der Waals surface area contributed by atoms with E-state index in [-0.39, 0.29) is 18.4 Å². The number of hydrogen-bond acceptors (Lipinski definition) is 5. The second-order valence-corrected chi connectivity index (χ2v) is 5.77. The molecule has 0 bridgehead atoms. The number of aliphatic hydroxyl groups is 1. The Morgan fingerprint density at radius 2 is 2.30 bits per heavy atom. The highest BCUT2D eigenvalue weighted by atomic mass is 16.5. The molecule has 1 fully saturated rings. The van der Waals surface area contributed by atoms with Gasteiger partial charge in [-0.3, -0.25) is 9.69 Å². The first-order valence-corrected chi connectivity index (χ1v) is 8.02. The standard InChI is InChI=1S/C17H26N2O4/c1-22-16-5-3-2-4-15(16)6-7-18-17(21)11-19-8-9-23-13-14(10-19)12-20/h2-5,14,20H,6-13H2,1H3,(H,18,21)/t14-/m1/s1. The Morgan fingerprint density at radius 1 is 1.48 bits per heavy atom. The van der Waals surface area contributed by atoms with E-state index in [1.165, 1.54) is 0 Å². The average Bonchev–Trinajstić information content (AvgIpc) is 2.80. The van der Waals surface area contributed by atoms with Crippen molar-refractivity contribution in [3.63, 3.8) is 0 Å². The van der Waals surface area contributed by atoms with Gasteiger partial charge in [0.15, 0.2) is 0 Å². The summed E-state index contributed by atoms with van der Waals surface area (Å²) in [5, 5.41) is 12.2. The molecule has 0 spiro atoms. The zero-order chi connectivity index (χ0) is 16.5. The summed E-state index contributed by atoms with van der Waals surface area (Å²) >= 11 is 0. The lowest BCUT2D eigenvalue weighted by atomic mass is 10.1. The maximum absolute atomic E-state index is 12.1. The molecule has 2 N–H and O–H groups in total. The summed E-state index contributed by atoms with van der Waals surface area (Å²) in [6.07, 6.45) is 0.734. The molecule has 1 heterocycles. The van der Waals surface area contributed by atoms with Crippen LogP contribution >= 0.6 is 0 Å². The molecule has 6 heteroatoms. The third-order valence-corrected chi connectivity index (χ3v) is 3.96. The Morgan fingerprint density at radius 3 is 3.09 bits per heavy atom. The smallest absolute Gasteiger partial charge is 0.234 e. The third-order valence-electron chi connectivity index (χ3n) is 3.96. The van der Waals surface area contributed by atoms with E-state index >= 15 is 0 Å². The molecule has 0 unspecified atom stereocenters. The van der Waals surface area contributed by atoms with Crippen molar-refractivity contribution >= 4 is 5.91 Å². The van der Waals surface area contributed by atoms with Gasteiger partial charge in [0, 0.05) is 32.2 Å². The van der Waals surface area contributed by atoms with Crippen molar-refractivity contribution in [2.45, 2.75) is 6.42 Å². The summed E-state index contributed by atoms with van der Waals surface area (Å²) in [6, 6.07) is 7.82. The first kappa shape index (κ1) is 17.7. The lowest BCUT2D eigenvalue weighted by Gasteiger charge is -2.21. The Kier molecular flexibility index (Phi) is 7.32. The number of hydrogen-bond donors (Lipinski definition) is 2. The molecule has 1 aromatic rings. The third kappa shape index (κ3) is 5.82. The summed E-state index contributed by atoms with van der Waals surface area (Å²) in [5.41, 5.74) is 1.08. The van der Waals surface area contributed by atoms with Crippen molar-refractivity contribution < 1.29 is 19.4 Å². The van der Waals surface area contributed by atoms with Gasteiger partial charge in [-0.2, -0.15) is 0 Å². The monoisotopic (exact) mass is 322 g/mol. The number of methoxy groups -OCH3 is 1. The minimum Gasteiger partial charge on any atom is -0.496 e. The topological polar surface area (TPSA) is 71.0 Å². The lowest BCUT2D eigenvalue weighted by Crippen LogP contribution is -2.41. The molecule has 128 valence electrons. The molecule has 1 aliphatic heterocycles. The number of benzene rings is 1. The zero-order valence-corrected chi connectivity index (χ0v) is 13.7. The zero-order valence-electron chi connectivity index (χ0n) is 13.7. The highest BCUT2D eigenvalue weighted by Crippen LogP contribution is 2.17. The summed E-state index contributed by atoms with van der Waals surface area (Å²) in [6.45, 7) is 3.57. The molecule has 0 saturated carbocycles. The van der Waals surface area contributed by atoms with Crippen LogP contribution in [0.25, 0.3) is 0 Å². The minimum absolute atomic E-state index is 0.00140. The van der Waals surface area contributed by atoms with E-state index < -0.39 is 0 Å². The summed E-state index contributed by atoms with van der Waals surface area (Å²) in [4.78, 5) is 14.1. The Bertz CT molecular complexity index is 495. The first-order valence-electron chi connectivity index (χ1n) is 8.02. The maximum atomic E-state index is 12.1. The van der Waals surface area contributed by atoms with Crippen LogP contribution in [0.15, 0.2) is 24.3 Å². The van der Waals surface area contributed by atoms with Crippen LogP contribution in [0.4, 0.5) is 0 Å². The minimum atomic E-state index is -0.00140. The van der Waals surface area contributed by atoms with Gasteiger partial charge in [-0.1, -0.05) is 18.2 Å². The molecule has 6 nitrogen and oxygen atoms in total. The molecule has 1 aromatic carbocycles. The van der Waals surface area contributed by atoms with E-state index in [2.05, 4.69) is 5.32 Å². The number of rotatable bonds is 7. The SMILES string of the molecule is COc1ccccc1CCNC(=O)CN1CCOC[C@@H](CO)C1. The second-order valence-electron chi connectivity index (χ2n) is 5.77. The van der Waals surface area contributed by atoms with Crippen molar-refractivity contribution in [3.8, 4) is 5.75 Å². The maximum Gasteiger partial charge on any atom is 0.234 e. The second kappa shape index (κ2) is 9.50. The van der Waals surface area contributed by atoms with Crippen molar-refractivity contribution in [1.82, 2.24) is 10.2 Å². The van der Waals surface area contributed by atoms with E-state index in [0.717, 1.165) is 24.3 Å². The highest BCUT2D eigenvalue weighted by Gasteiger charge is 2.19. The van der Waals surface area contributed by atoms with Crippen LogP contribution < -0.4 is 10.1 Å². The van der Waals surface area contributed by atoms with Crippen LogP contribution in [0.5, 0.6) is 5.75 Å².